The summed E-state index contributed by atoms with van der Waals surface area (Å²) < 4.78 is 28.9. The van der Waals surface area contributed by atoms with Gasteiger partial charge in [0.15, 0.2) is 0 Å². The minimum atomic E-state index is -3.67. The minimum absolute atomic E-state index is 0.256. The quantitative estimate of drug-likeness (QED) is 0.609. The van der Waals surface area contributed by atoms with Gasteiger partial charge in [-0.1, -0.05) is 12.5 Å². The molecule has 2 aliphatic heterocycles. The van der Waals surface area contributed by atoms with E-state index in [4.69, 9.17) is 0 Å². The van der Waals surface area contributed by atoms with Crippen LogP contribution in [0.5, 0.6) is 0 Å². The molecule has 2 aromatic carbocycles. The van der Waals surface area contributed by atoms with Gasteiger partial charge in [0.05, 0.1) is 5.69 Å². The van der Waals surface area contributed by atoms with Gasteiger partial charge in [-0.05, 0) is 74.8 Å². The smallest absolute Gasteiger partial charge is 0.255 e. The van der Waals surface area contributed by atoms with Crippen molar-refractivity contribution < 1.29 is 13.2 Å². The van der Waals surface area contributed by atoms with Crippen LogP contribution in [0.3, 0.4) is 0 Å². The molecular formula is C24H31N3O3S2. The number of rotatable bonds is 6. The molecule has 0 aliphatic carbocycles. The maximum Gasteiger partial charge on any atom is 0.255 e. The molecule has 0 bridgehead atoms. The van der Waals surface area contributed by atoms with E-state index in [1.54, 1.807) is 28.2 Å². The van der Waals surface area contributed by atoms with Gasteiger partial charge in [0.25, 0.3) is 5.91 Å². The normalized spacial score (nSPS) is 17.8. The van der Waals surface area contributed by atoms with Crippen LogP contribution >= 0.6 is 11.8 Å². The Morgan fingerprint density at radius 3 is 2.28 bits per heavy atom. The zero-order valence-electron chi connectivity index (χ0n) is 18.5. The van der Waals surface area contributed by atoms with Crippen LogP contribution < -0.4 is 10.2 Å². The summed E-state index contributed by atoms with van der Waals surface area (Å²) in [4.78, 5) is 16.5. The lowest BCUT2D eigenvalue weighted by Gasteiger charge is -2.33. The van der Waals surface area contributed by atoms with Crippen LogP contribution in [0.2, 0.25) is 0 Å². The summed E-state index contributed by atoms with van der Waals surface area (Å²) in [6, 6.07) is 12.8. The molecule has 1 N–H and O–H groups in total. The molecule has 0 aromatic heterocycles. The standard InChI is InChI=1S/C24H31N3O3S2/c1-31-21-10-8-9-20(18-21)25-24(28)19-11-12-22(26-13-4-2-5-14-26)23(17-19)32(29,30)27-15-6-3-7-16-27/h8-12,17-18H,2-7,13-16H2,1H3,(H,25,28). The van der Waals surface area contributed by atoms with Crippen LogP contribution in [-0.2, 0) is 10.0 Å². The van der Waals surface area contributed by atoms with Crippen LogP contribution in [0.15, 0.2) is 52.3 Å². The predicted molar refractivity (Wildman–Crippen MR) is 131 cm³/mol. The van der Waals surface area contributed by atoms with E-state index in [9.17, 15) is 13.2 Å². The molecule has 8 heteroatoms. The second-order valence-corrected chi connectivity index (χ2v) is 11.2. The number of benzene rings is 2. The first-order valence-corrected chi connectivity index (χ1v) is 14.0. The Hall–Kier alpha value is -2.03. The zero-order valence-corrected chi connectivity index (χ0v) is 20.2. The van der Waals surface area contributed by atoms with Crippen molar-refractivity contribution in [2.75, 3.05) is 42.7 Å². The molecule has 32 heavy (non-hydrogen) atoms. The first-order chi connectivity index (χ1) is 15.5. The number of nitrogens with one attached hydrogen (secondary N) is 1. The highest BCUT2D eigenvalue weighted by molar-refractivity contribution is 7.98. The number of carbonyl (C=O) groups excluding carboxylic acids is 1. The van der Waals surface area contributed by atoms with Crippen molar-refractivity contribution in [3.05, 3.63) is 48.0 Å². The van der Waals surface area contributed by atoms with E-state index in [2.05, 4.69) is 10.2 Å². The van der Waals surface area contributed by atoms with Crippen molar-refractivity contribution in [2.45, 2.75) is 48.3 Å². The van der Waals surface area contributed by atoms with Crippen molar-refractivity contribution in [1.82, 2.24) is 4.31 Å². The maximum absolute atomic E-state index is 13.6. The SMILES string of the molecule is CSc1cccc(NC(=O)c2ccc(N3CCCCC3)c(S(=O)(=O)N3CCCCC3)c2)c1. The minimum Gasteiger partial charge on any atom is -0.370 e. The summed E-state index contributed by atoms with van der Waals surface area (Å²) in [5.74, 6) is -0.302. The van der Waals surface area contributed by atoms with Crippen LogP contribution in [0, 0.1) is 0 Å². The number of sulfonamides is 1. The lowest BCUT2D eigenvalue weighted by molar-refractivity contribution is 0.102. The summed E-state index contributed by atoms with van der Waals surface area (Å²) in [6.07, 6.45) is 8.07. The monoisotopic (exact) mass is 473 g/mol. The van der Waals surface area contributed by atoms with Gasteiger partial charge in [-0.25, -0.2) is 8.42 Å². The van der Waals surface area contributed by atoms with E-state index < -0.39 is 10.0 Å². The molecule has 0 spiro atoms. The first kappa shape index (κ1) is 23.1. The molecule has 2 aliphatic rings. The predicted octanol–water partition coefficient (Wildman–Crippen LogP) is 4.83. The zero-order chi connectivity index (χ0) is 22.6. The number of nitrogens with zero attached hydrogens (tertiary/aromatic N) is 2. The molecule has 4 rings (SSSR count). The summed E-state index contributed by atoms with van der Waals surface area (Å²) in [5.41, 5.74) is 1.77. The van der Waals surface area contributed by atoms with Gasteiger partial charge in [0.1, 0.15) is 4.90 Å². The molecule has 2 saturated heterocycles. The number of carbonyl (C=O) groups is 1. The van der Waals surface area contributed by atoms with Crippen molar-refractivity contribution >= 4 is 39.1 Å². The van der Waals surface area contributed by atoms with Gasteiger partial charge in [-0.2, -0.15) is 4.31 Å². The summed E-state index contributed by atoms with van der Waals surface area (Å²) in [7, 11) is -3.67. The number of hydrogen-bond acceptors (Lipinski definition) is 5. The van der Waals surface area contributed by atoms with Crippen molar-refractivity contribution in [3.8, 4) is 0 Å². The topological polar surface area (TPSA) is 69.7 Å². The average molecular weight is 474 g/mol. The van der Waals surface area contributed by atoms with Crippen LogP contribution in [0.25, 0.3) is 0 Å². The molecule has 2 fully saturated rings. The summed E-state index contributed by atoms with van der Waals surface area (Å²) >= 11 is 1.60. The number of thioether (sulfide) groups is 1. The molecule has 0 radical (unpaired) electrons. The van der Waals surface area contributed by atoms with E-state index in [0.29, 0.717) is 24.3 Å². The van der Waals surface area contributed by atoms with E-state index in [1.807, 2.05) is 36.6 Å². The maximum atomic E-state index is 13.6. The highest BCUT2D eigenvalue weighted by Gasteiger charge is 2.31. The third-order valence-electron chi connectivity index (χ3n) is 6.18. The van der Waals surface area contributed by atoms with Crippen molar-refractivity contribution in [2.24, 2.45) is 0 Å². The third-order valence-corrected chi connectivity index (χ3v) is 8.83. The second kappa shape index (κ2) is 10.3. The van der Waals surface area contributed by atoms with E-state index in [0.717, 1.165) is 55.8 Å². The van der Waals surface area contributed by atoms with Crippen molar-refractivity contribution in [1.29, 1.82) is 0 Å². The van der Waals surface area contributed by atoms with E-state index >= 15 is 0 Å². The highest BCUT2D eigenvalue weighted by atomic mass is 32.2. The fourth-order valence-corrected chi connectivity index (χ4v) is 6.62. The fraction of sp³-hybridized carbons (Fsp3) is 0.458. The molecule has 172 valence electrons. The molecular weight excluding hydrogens is 442 g/mol. The molecule has 2 aromatic rings. The Balaban J connectivity index is 1.68. The Morgan fingerprint density at radius 2 is 1.59 bits per heavy atom. The summed E-state index contributed by atoms with van der Waals surface area (Å²) in [5, 5.41) is 2.92. The number of amides is 1. The van der Waals surface area contributed by atoms with Gasteiger partial charge in [0, 0.05) is 42.3 Å². The summed E-state index contributed by atoms with van der Waals surface area (Å²) in [6.45, 7) is 2.77. The molecule has 0 atom stereocenters. The van der Waals surface area contributed by atoms with Crippen LogP contribution in [-0.4, -0.2) is 51.1 Å². The van der Waals surface area contributed by atoms with Crippen LogP contribution in [0.4, 0.5) is 11.4 Å². The molecule has 2 heterocycles. The molecule has 1 amide bonds. The average Bonchev–Trinajstić information content (AvgIpc) is 2.85. The molecule has 0 saturated carbocycles. The first-order valence-electron chi connectivity index (χ1n) is 11.3. The molecule has 6 nitrogen and oxygen atoms in total. The van der Waals surface area contributed by atoms with Gasteiger partial charge < -0.3 is 10.2 Å². The Kier molecular flexibility index (Phi) is 7.43. The lowest BCUT2D eigenvalue weighted by atomic mass is 10.1. The van der Waals surface area contributed by atoms with Gasteiger partial charge in [-0.3, -0.25) is 4.79 Å². The molecule has 0 unspecified atom stereocenters. The number of hydrogen-bond donors (Lipinski definition) is 1. The van der Waals surface area contributed by atoms with Crippen LogP contribution in [0.1, 0.15) is 48.9 Å². The van der Waals surface area contributed by atoms with E-state index in [1.165, 1.54) is 6.42 Å². The number of piperidine rings is 2. The Bertz CT molecular complexity index is 1060. The van der Waals surface area contributed by atoms with Gasteiger partial charge in [0.2, 0.25) is 10.0 Å². The second-order valence-electron chi connectivity index (χ2n) is 8.38. The van der Waals surface area contributed by atoms with Crippen molar-refractivity contribution in [3.63, 3.8) is 0 Å². The number of anilines is 2. The van der Waals surface area contributed by atoms with Gasteiger partial charge >= 0.3 is 0 Å². The third kappa shape index (κ3) is 5.13. The largest absolute Gasteiger partial charge is 0.370 e. The lowest BCUT2D eigenvalue weighted by Crippen LogP contribution is -2.37. The Labute approximate surface area is 195 Å². The Morgan fingerprint density at radius 1 is 0.906 bits per heavy atom. The van der Waals surface area contributed by atoms with Gasteiger partial charge in [-0.15, -0.1) is 11.8 Å². The fourth-order valence-electron chi connectivity index (χ4n) is 4.41. The van der Waals surface area contributed by atoms with E-state index in [-0.39, 0.29) is 10.8 Å². The highest BCUT2D eigenvalue weighted by Crippen LogP contribution is 2.32.